The molecule has 24 heavy (non-hydrogen) atoms. The van der Waals surface area contributed by atoms with Gasteiger partial charge in [0.2, 0.25) is 0 Å². The molecule has 0 bridgehead atoms. The highest BCUT2D eigenvalue weighted by Gasteiger charge is 2.22. The van der Waals surface area contributed by atoms with Crippen LogP contribution in [0.1, 0.15) is 0 Å². The van der Waals surface area contributed by atoms with Crippen LogP contribution in [0.2, 0.25) is 0 Å². The minimum atomic E-state index is 0.0568. The maximum atomic E-state index is 9.92. The Hall–Kier alpha value is -3.22. The lowest BCUT2D eigenvalue weighted by Gasteiger charge is -2.12. The van der Waals surface area contributed by atoms with Crippen molar-refractivity contribution in [2.75, 3.05) is 21.3 Å². The molecule has 124 valence electrons. The van der Waals surface area contributed by atoms with Crippen molar-refractivity contribution in [1.82, 2.24) is 10.2 Å². The van der Waals surface area contributed by atoms with Crippen LogP contribution in [0.4, 0.5) is 0 Å². The summed E-state index contributed by atoms with van der Waals surface area (Å²) in [6, 6.07) is 10.1. The van der Waals surface area contributed by atoms with Gasteiger partial charge in [-0.2, -0.15) is 0 Å². The summed E-state index contributed by atoms with van der Waals surface area (Å²) >= 11 is 0. The third-order valence-electron chi connectivity index (χ3n) is 3.49. The van der Waals surface area contributed by atoms with Gasteiger partial charge in [-0.05, 0) is 12.1 Å². The van der Waals surface area contributed by atoms with E-state index in [1.54, 1.807) is 43.5 Å². The van der Waals surface area contributed by atoms with Gasteiger partial charge in [0.1, 0.15) is 28.6 Å². The molecule has 0 atom stereocenters. The van der Waals surface area contributed by atoms with E-state index in [1.807, 2.05) is 0 Å². The first-order valence-corrected chi connectivity index (χ1v) is 7.10. The molecular formula is C17H16N2O5. The number of nitrogens with zero attached hydrogens (tertiary/aromatic N) is 2. The van der Waals surface area contributed by atoms with Crippen molar-refractivity contribution in [3.05, 3.63) is 36.4 Å². The van der Waals surface area contributed by atoms with Gasteiger partial charge in [0.15, 0.2) is 0 Å². The Morgan fingerprint density at radius 3 is 2.08 bits per heavy atom. The fourth-order valence-electron chi connectivity index (χ4n) is 2.30. The van der Waals surface area contributed by atoms with Gasteiger partial charge < -0.3 is 23.7 Å². The van der Waals surface area contributed by atoms with Gasteiger partial charge in [-0.15, -0.1) is 10.2 Å². The van der Waals surface area contributed by atoms with Crippen LogP contribution in [0.15, 0.2) is 40.8 Å². The van der Waals surface area contributed by atoms with Crippen molar-refractivity contribution in [2.45, 2.75) is 0 Å². The molecule has 0 aliphatic rings. The van der Waals surface area contributed by atoms with Gasteiger partial charge in [-0.25, -0.2) is 0 Å². The largest absolute Gasteiger partial charge is 0.507 e. The van der Waals surface area contributed by atoms with E-state index in [1.165, 1.54) is 14.2 Å². The van der Waals surface area contributed by atoms with E-state index in [0.717, 1.165) is 0 Å². The Bertz CT molecular complexity index is 835. The zero-order chi connectivity index (χ0) is 17.1. The average Bonchev–Trinajstić information content (AvgIpc) is 3.10. The molecule has 1 heterocycles. The predicted molar refractivity (Wildman–Crippen MR) is 86.5 cm³/mol. The van der Waals surface area contributed by atoms with E-state index in [9.17, 15) is 5.11 Å². The van der Waals surface area contributed by atoms with Gasteiger partial charge >= 0.3 is 0 Å². The number of benzene rings is 2. The van der Waals surface area contributed by atoms with Crippen molar-refractivity contribution >= 4 is 0 Å². The van der Waals surface area contributed by atoms with Crippen molar-refractivity contribution in [3.63, 3.8) is 0 Å². The summed E-state index contributed by atoms with van der Waals surface area (Å²) in [5.74, 6) is 1.99. The second-order valence-corrected chi connectivity index (χ2v) is 4.84. The van der Waals surface area contributed by atoms with Crippen LogP contribution >= 0.6 is 0 Å². The Kier molecular flexibility index (Phi) is 4.24. The average molecular weight is 328 g/mol. The van der Waals surface area contributed by atoms with E-state index in [2.05, 4.69) is 10.2 Å². The summed E-state index contributed by atoms with van der Waals surface area (Å²) in [5.41, 5.74) is 0.956. The Morgan fingerprint density at radius 1 is 0.875 bits per heavy atom. The number of hydrogen-bond donors (Lipinski definition) is 1. The van der Waals surface area contributed by atoms with E-state index >= 15 is 0 Å². The molecule has 0 aliphatic heterocycles. The molecule has 3 rings (SSSR count). The minimum Gasteiger partial charge on any atom is -0.507 e. The molecule has 3 aromatic rings. The number of methoxy groups -OCH3 is 3. The van der Waals surface area contributed by atoms with Crippen LogP contribution in [0.3, 0.4) is 0 Å². The number of aromatic nitrogens is 2. The number of hydrogen-bond acceptors (Lipinski definition) is 7. The maximum Gasteiger partial charge on any atom is 0.255 e. The zero-order valence-electron chi connectivity index (χ0n) is 13.4. The zero-order valence-corrected chi connectivity index (χ0v) is 13.4. The summed E-state index contributed by atoms with van der Waals surface area (Å²) in [4.78, 5) is 0. The van der Waals surface area contributed by atoms with Crippen molar-refractivity contribution in [3.8, 4) is 45.9 Å². The first-order valence-electron chi connectivity index (χ1n) is 7.10. The molecule has 1 aromatic heterocycles. The molecule has 0 spiro atoms. The smallest absolute Gasteiger partial charge is 0.255 e. The summed E-state index contributed by atoms with van der Waals surface area (Å²) in [6.45, 7) is 0. The molecule has 7 nitrogen and oxygen atoms in total. The first-order chi connectivity index (χ1) is 11.7. The van der Waals surface area contributed by atoms with Crippen molar-refractivity contribution in [2.24, 2.45) is 0 Å². The maximum absolute atomic E-state index is 9.92. The fourth-order valence-corrected chi connectivity index (χ4v) is 2.30. The number of aromatic hydroxyl groups is 1. The third-order valence-corrected chi connectivity index (χ3v) is 3.49. The van der Waals surface area contributed by atoms with Crippen LogP contribution in [-0.2, 0) is 0 Å². The van der Waals surface area contributed by atoms with E-state index in [-0.39, 0.29) is 17.5 Å². The van der Waals surface area contributed by atoms with E-state index in [0.29, 0.717) is 28.4 Å². The van der Waals surface area contributed by atoms with Gasteiger partial charge in [0, 0.05) is 12.1 Å². The van der Waals surface area contributed by atoms with Crippen LogP contribution in [-0.4, -0.2) is 36.6 Å². The van der Waals surface area contributed by atoms with Crippen molar-refractivity contribution in [1.29, 1.82) is 0 Å². The van der Waals surface area contributed by atoms with Gasteiger partial charge in [0.05, 0.1) is 26.9 Å². The molecule has 0 unspecified atom stereocenters. The second kappa shape index (κ2) is 6.49. The highest BCUT2D eigenvalue weighted by Crippen LogP contribution is 2.42. The fraction of sp³-hybridized carbons (Fsp3) is 0.176. The number of phenols is 1. The molecule has 0 radical (unpaired) electrons. The standard InChI is InChI=1S/C17H16N2O5/c1-21-10-8-13(22-2)15(14(9-10)23-3)17-19-18-16(24-17)11-6-4-5-7-12(11)20/h4-9,20H,1-3H3. The molecule has 0 saturated carbocycles. The number of rotatable bonds is 5. The van der Waals surface area contributed by atoms with Crippen LogP contribution < -0.4 is 14.2 Å². The van der Waals surface area contributed by atoms with Gasteiger partial charge in [0.25, 0.3) is 11.8 Å². The third kappa shape index (κ3) is 2.71. The molecule has 1 N–H and O–H groups in total. The molecule has 0 saturated heterocycles. The number of ether oxygens (including phenoxy) is 3. The molecule has 7 heteroatoms. The van der Waals surface area contributed by atoms with E-state index in [4.69, 9.17) is 18.6 Å². The lowest BCUT2D eigenvalue weighted by atomic mass is 10.1. The second-order valence-electron chi connectivity index (χ2n) is 4.84. The van der Waals surface area contributed by atoms with Crippen LogP contribution in [0, 0.1) is 0 Å². The van der Waals surface area contributed by atoms with Crippen LogP contribution in [0.5, 0.6) is 23.0 Å². The highest BCUT2D eigenvalue weighted by molar-refractivity contribution is 5.73. The van der Waals surface area contributed by atoms with Gasteiger partial charge in [-0.3, -0.25) is 0 Å². The topological polar surface area (TPSA) is 86.8 Å². The molecular weight excluding hydrogens is 312 g/mol. The normalized spacial score (nSPS) is 10.5. The van der Waals surface area contributed by atoms with E-state index < -0.39 is 0 Å². The summed E-state index contributed by atoms with van der Waals surface area (Å²) in [5, 5.41) is 18.0. The molecule has 2 aromatic carbocycles. The lowest BCUT2D eigenvalue weighted by molar-refractivity contribution is 0.375. The first kappa shape index (κ1) is 15.7. The Balaban J connectivity index is 2.12. The Labute approximate surface area is 138 Å². The SMILES string of the molecule is COc1cc(OC)c(-c2nnc(-c3ccccc3O)o2)c(OC)c1. The Morgan fingerprint density at radius 2 is 1.50 bits per heavy atom. The number of phenolic OH excluding ortho intramolecular Hbond substituents is 1. The minimum absolute atomic E-state index is 0.0568. The summed E-state index contributed by atoms with van der Waals surface area (Å²) in [6.07, 6.45) is 0. The lowest BCUT2D eigenvalue weighted by Crippen LogP contribution is -1.95. The number of para-hydroxylation sites is 1. The van der Waals surface area contributed by atoms with Gasteiger partial charge in [-0.1, -0.05) is 12.1 Å². The molecule has 0 fully saturated rings. The monoisotopic (exact) mass is 328 g/mol. The summed E-state index contributed by atoms with van der Waals surface area (Å²) < 4.78 is 21.7. The quantitative estimate of drug-likeness (QED) is 0.770. The van der Waals surface area contributed by atoms with Crippen molar-refractivity contribution < 1.29 is 23.7 Å². The predicted octanol–water partition coefficient (Wildman–Crippen LogP) is 3.14. The van der Waals surface area contributed by atoms with Crippen LogP contribution in [0.25, 0.3) is 22.9 Å². The summed E-state index contributed by atoms with van der Waals surface area (Å²) in [7, 11) is 4.60. The highest BCUT2D eigenvalue weighted by atomic mass is 16.5. The molecule has 0 amide bonds. The molecule has 0 aliphatic carbocycles.